The molecule has 0 aliphatic rings. The summed E-state index contributed by atoms with van der Waals surface area (Å²) in [5.41, 5.74) is 0. The third-order valence-electron chi connectivity index (χ3n) is 20.4. The molecule has 0 bridgehead atoms. The molecule has 6 atom stereocenters. The number of unbranched alkanes of at least 4 members (excludes halogenated alkanes) is 52. The summed E-state index contributed by atoms with van der Waals surface area (Å²) in [6.07, 6.45) is 64.9. The highest BCUT2D eigenvalue weighted by Gasteiger charge is 2.33. The summed E-state index contributed by atoms with van der Waals surface area (Å²) >= 11 is 0. The Morgan fingerprint density at radius 3 is 0.726 bits per heavy atom. The Morgan fingerprint density at radius 1 is 0.283 bits per heavy atom. The molecule has 0 spiro atoms. The molecule has 0 aliphatic carbocycles. The van der Waals surface area contributed by atoms with Crippen molar-refractivity contribution in [1.29, 1.82) is 0 Å². The highest BCUT2D eigenvalue weighted by molar-refractivity contribution is 7.47. The lowest BCUT2D eigenvalue weighted by Gasteiger charge is -2.29. The number of phosphoric ester groups is 2. The number of urea groups is 1. The molecule has 0 rings (SSSR count). The standard InChI is InChI=1S/C85H168N4O15P2/c1-7-13-19-25-31-37-39-45-49-55-61-67-81(90)88-77(79(65-59-53-47-41-33-27-21-15-9-3)103-83(92)69-63-57-51-43-35-29-23-17-11-5)75-101-105(95,96)99-73-71-86-85(94)87-72-74-100-106(97,98)102-76-78(89-82(91)68-62-56-50-46-40-38-32-26-20-14-8-2)80(66-60-54-48-42-34-28-22-16-10-4)104-84(93)70-64-58-52-44-36-30-24-18-12-6/h77-80H,7-76H2,1-6H3,(H,88,90)(H,89,91)(H,95,96)(H,97,98)(H2,86,87,94)/t77-,78-,79?,80?/m0/s1. The third kappa shape index (κ3) is 71.7. The molecule has 4 unspecified atom stereocenters. The molecule has 0 saturated heterocycles. The Hall–Kier alpha value is -2.63. The Balaban J connectivity index is 6.01. The lowest BCUT2D eigenvalue weighted by Crippen LogP contribution is -2.48. The van der Waals surface area contributed by atoms with Gasteiger partial charge in [0.25, 0.3) is 0 Å². The first-order valence-corrected chi connectivity index (χ1v) is 47.8. The van der Waals surface area contributed by atoms with Crippen LogP contribution < -0.4 is 21.3 Å². The first-order chi connectivity index (χ1) is 51.6. The maximum absolute atomic E-state index is 13.7. The van der Waals surface area contributed by atoms with Gasteiger partial charge >= 0.3 is 33.6 Å². The van der Waals surface area contributed by atoms with Crippen molar-refractivity contribution in [2.75, 3.05) is 39.5 Å². The van der Waals surface area contributed by atoms with Crippen molar-refractivity contribution >= 4 is 45.4 Å². The lowest BCUT2D eigenvalue weighted by atomic mass is 10.0. The van der Waals surface area contributed by atoms with Gasteiger partial charge in [0.15, 0.2) is 0 Å². The lowest BCUT2D eigenvalue weighted by molar-refractivity contribution is -0.153. The Kier molecular flexibility index (Phi) is 75.8. The van der Waals surface area contributed by atoms with Gasteiger partial charge in [-0.15, -0.1) is 0 Å². The van der Waals surface area contributed by atoms with Crippen molar-refractivity contribution in [2.24, 2.45) is 0 Å². The number of esters is 2. The number of ether oxygens (including phenoxy) is 2. The van der Waals surface area contributed by atoms with Crippen LogP contribution in [0.2, 0.25) is 0 Å². The molecule has 0 aromatic heterocycles. The molecular formula is C85H168N4O15P2. The van der Waals surface area contributed by atoms with Crippen LogP contribution in [0, 0.1) is 0 Å². The van der Waals surface area contributed by atoms with E-state index in [9.17, 15) is 42.9 Å². The molecule has 628 valence electrons. The van der Waals surface area contributed by atoms with E-state index in [0.717, 1.165) is 128 Å². The average Bonchev–Trinajstić information content (AvgIpc) is 0.883. The summed E-state index contributed by atoms with van der Waals surface area (Å²) in [6, 6.07) is -2.58. The van der Waals surface area contributed by atoms with E-state index in [1.54, 1.807) is 0 Å². The minimum Gasteiger partial charge on any atom is -0.460 e. The largest absolute Gasteiger partial charge is 0.472 e. The van der Waals surface area contributed by atoms with Gasteiger partial charge in [-0.25, -0.2) is 13.9 Å². The zero-order valence-corrected chi connectivity index (χ0v) is 71.2. The molecule has 19 nitrogen and oxygen atoms in total. The molecule has 0 aromatic rings. The maximum Gasteiger partial charge on any atom is 0.472 e. The Morgan fingerprint density at radius 2 is 0.491 bits per heavy atom. The third-order valence-corrected chi connectivity index (χ3v) is 22.4. The molecule has 0 aromatic carbocycles. The second-order valence-electron chi connectivity index (χ2n) is 30.7. The fourth-order valence-electron chi connectivity index (χ4n) is 13.7. The van der Waals surface area contributed by atoms with Crippen LogP contribution in [0.15, 0.2) is 0 Å². The Bertz CT molecular complexity index is 1960. The van der Waals surface area contributed by atoms with Gasteiger partial charge in [-0.05, 0) is 51.4 Å². The van der Waals surface area contributed by atoms with Crippen LogP contribution in [0.4, 0.5) is 4.79 Å². The summed E-state index contributed by atoms with van der Waals surface area (Å²) in [5, 5.41) is 11.1. The van der Waals surface area contributed by atoms with E-state index in [4.69, 9.17) is 27.6 Å². The van der Waals surface area contributed by atoms with Gasteiger partial charge in [-0.1, -0.05) is 375 Å². The normalized spacial score (nSPS) is 13.9. The van der Waals surface area contributed by atoms with Crippen LogP contribution in [-0.4, -0.2) is 103 Å². The predicted octanol–water partition coefficient (Wildman–Crippen LogP) is 24.4. The number of nitrogens with one attached hydrogen (secondary N) is 4. The van der Waals surface area contributed by atoms with Gasteiger partial charge in [0.05, 0.1) is 38.5 Å². The van der Waals surface area contributed by atoms with Crippen molar-refractivity contribution in [2.45, 2.75) is 477 Å². The Labute approximate surface area is 650 Å². The number of hydrogen-bond donors (Lipinski definition) is 6. The van der Waals surface area contributed by atoms with Gasteiger partial charge in [0, 0.05) is 38.8 Å². The summed E-state index contributed by atoms with van der Waals surface area (Å²) in [4.78, 5) is 89.5. The van der Waals surface area contributed by atoms with Crippen molar-refractivity contribution in [3.8, 4) is 0 Å². The SMILES string of the molecule is CCCCCCCCCCCCCC(=O)N[C@@H](COP(=O)(O)OCCNC(=O)NCCOP(=O)(O)OC[C@H](NC(=O)CCCCCCCCCCCCC)C(CCCCCCCCCCC)OC(=O)CCCCCCCCCCC)C(CCCCCCCCCCC)OC(=O)CCCCCCCCCCC. The zero-order valence-electron chi connectivity index (χ0n) is 69.4. The van der Waals surface area contributed by atoms with Crippen LogP contribution in [0.25, 0.3) is 0 Å². The van der Waals surface area contributed by atoms with E-state index < -0.39 is 72.4 Å². The minimum absolute atomic E-state index is 0.227. The quantitative estimate of drug-likeness (QED) is 0.0188. The number of carbonyl (C=O) groups is 5. The predicted molar refractivity (Wildman–Crippen MR) is 438 cm³/mol. The number of phosphoric acid groups is 2. The number of carbonyl (C=O) groups excluding carboxylic acids is 5. The molecule has 21 heteroatoms. The van der Waals surface area contributed by atoms with Crippen molar-refractivity contribution in [3.63, 3.8) is 0 Å². The topological polar surface area (TPSA) is 263 Å². The smallest absolute Gasteiger partial charge is 0.460 e. The molecule has 0 fully saturated rings. The molecule has 0 heterocycles. The van der Waals surface area contributed by atoms with Crippen LogP contribution in [-0.2, 0) is 55.9 Å². The number of hydrogen-bond acceptors (Lipinski definition) is 13. The van der Waals surface area contributed by atoms with Crippen molar-refractivity contribution < 1.29 is 70.5 Å². The first-order valence-electron chi connectivity index (χ1n) is 44.8. The van der Waals surface area contributed by atoms with Crippen molar-refractivity contribution in [3.05, 3.63) is 0 Å². The summed E-state index contributed by atoms with van der Waals surface area (Å²) in [5.74, 6) is -1.24. The van der Waals surface area contributed by atoms with Gasteiger partial charge in [-0.3, -0.25) is 37.3 Å². The maximum atomic E-state index is 13.7. The van der Waals surface area contributed by atoms with E-state index in [0.29, 0.717) is 38.5 Å². The molecular weight excluding hydrogens is 1380 g/mol. The summed E-state index contributed by atoms with van der Waals surface area (Å²) in [6.45, 7) is 11.1. The zero-order chi connectivity index (χ0) is 77.8. The monoisotopic (exact) mass is 1550 g/mol. The number of rotatable bonds is 84. The second-order valence-corrected chi connectivity index (χ2v) is 33.7. The van der Waals surface area contributed by atoms with Crippen molar-refractivity contribution in [1.82, 2.24) is 21.3 Å². The average molecular weight is 1550 g/mol. The van der Waals surface area contributed by atoms with Gasteiger partial charge in [0.2, 0.25) is 11.8 Å². The van der Waals surface area contributed by atoms with E-state index >= 15 is 0 Å². The van der Waals surface area contributed by atoms with Crippen LogP contribution >= 0.6 is 15.6 Å². The molecule has 106 heavy (non-hydrogen) atoms. The molecule has 0 radical (unpaired) electrons. The summed E-state index contributed by atoms with van der Waals surface area (Å²) in [7, 11) is -9.58. The van der Waals surface area contributed by atoms with Gasteiger partial charge in [-0.2, -0.15) is 0 Å². The molecule has 6 N–H and O–H groups in total. The molecule has 0 saturated carbocycles. The first kappa shape index (κ1) is 103. The van der Waals surface area contributed by atoms with E-state index in [-0.39, 0.29) is 62.5 Å². The highest BCUT2D eigenvalue weighted by Crippen LogP contribution is 2.44. The van der Waals surface area contributed by atoms with Gasteiger partial charge in [0.1, 0.15) is 12.2 Å². The summed E-state index contributed by atoms with van der Waals surface area (Å²) < 4.78 is 61.1. The second kappa shape index (κ2) is 77.7. The minimum atomic E-state index is -4.79. The highest BCUT2D eigenvalue weighted by atomic mass is 31.2. The van der Waals surface area contributed by atoms with Crippen LogP contribution in [0.5, 0.6) is 0 Å². The molecule has 0 aliphatic heterocycles. The molecule has 4 amide bonds. The van der Waals surface area contributed by atoms with E-state index in [1.807, 2.05) is 0 Å². The van der Waals surface area contributed by atoms with E-state index in [2.05, 4.69) is 62.8 Å². The fourth-order valence-corrected chi connectivity index (χ4v) is 15.2. The van der Waals surface area contributed by atoms with Crippen LogP contribution in [0.1, 0.15) is 452 Å². The van der Waals surface area contributed by atoms with Crippen LogP contribution in [0.3, 0.4) is 0 Å². The van der Waals surface area contributed by atoms with E-state index in [1.165, 1.54) is 218 Å². The fraction of sp³-hybridized carbons (Fsp3) is 0.941. The number of amides is 4. The van der Waals surface area contributed by atoms with Gasteiger partial charge < -0.3 is 40.5 Å².